The molecule has 3 heteroatoms. The molecular formula is C28H44O3. The molecule has 3 aliphatic rings. The van der Waals surface area contributed by atoms with E-state index in [4.69, 9.17) is 5.26 Å². The van der Waals surface area contributed by atoms with Crippen LogP contribution in [-0.4, -0.2) is 16.2 Å². The van der Waals surface area contributed by atoms with Crippen molar-refractivity contribution < 1.29 is 15.3 Å². The van der Waals surface area contributed by atoms with E-state index < -0.39 is 5.79 Å². The Hall–Kier alpha value is -1.16. The van der Waals surface area contributed by atoms with E-state index in [1.165, 1.54) is 32.1 Å². The SMILES string of the molecule is C=C1CC[C@](O)(OO)CC1=CC=C1CCC[C@]2(C)[C@@H]([C@H](C)C=C[C@H](C)C(C)C)CC[C@@H]12. The lowest BCUT2D eigenvalue weighted by atomic mass is 9.61. The van der Waals surface area contributed by atoms with Crippen LogP contribution in [0.15, 0.2) is 47.6 Å². The van der Waals surface area contributed by atoms with Gasteiger partial charge in [-0.05, 0) is 79.1 Å². The van der Waals surface area contributed by atoms with Crippen LogP contribution in [0.3, 0.4) is 0 Å². The van der Waals surface area contributed by atoms with Crippen molar-refractivity contribution in [3.63, 3.8) is 0 Å². The summed E-state index contributed by atoms with van der Waals surface area (Å²) < 4.78 is 0. The average Bonchev–Trinajstić information content (AvgIpc) is 3.10. The maximum atomic E-state index is 10.3. The van der Waals surface area contributed by atoms with Crippen molar-refractivity contribution in [3.05, 3.63) is 47.6 Å². The molecule has 3 nitrogen and oxygen atoms in total. The van der Waals surface area contributed by atoms with Crippen molar-refractivity contribution in [2.75, 3.05) is 0 Å². The van der Waals surface area contributed by atoms with Gasteiger partial charge < -0.3 is 5.11 Å². The fraction of sp³-hybridized carbons (Fsp3) is 0.714. The molecule has 3 rings (SSSR count). The van der Waals surface area contributed by atoms with Gasteiger partial charge in [0.25, 0.3) is 0 Å². The van der Waals surface area contributed by atoms with Crippen LogP contribution < -0.4 is 0 Å². The molecule has 0 aromatic carbocycles. The van der Waals surface area contributed by atoms with Crippen LogP contribution in [0.4, 0.5) is 0 Å². The standard InChI is InChI=1S/C28H44O3/c1-19(2)20(3)9-10-22(5)25-13-14-26-23(8-7-16-27(25,26)6)11-12-24-18-28(29,31-30)17-15-21(24)4/h9-12,19-20,22,25-26,29-30H,4,7-8,13-18H2,1-3,5-6H3/t20-,22+,25+,26-,27+,28-/m0/s1. The number of aliphatic hydroxyl groups is 1. The second-order valence-corrected chi connectivity index (χ2v) is 11.2. The van der Waals surface area contributed by atoms with Gasteiger partial charge in [-0.15, -0.1) is 0 Å². The molecule has 2 N–H and O–H groups in total. The molecule has 0 saturated heterocycles. The van der Waals surface area contributed by atoms with E-state index in [1.807, 2.05) is 0 Å². The van der Waals surface area contributed by atoms with Crippen LogP contribution in [0.2, 0.25) is 0 Å². The van der Waals surface area contributed by atoms with Gasteiger partial charge >= 0.3 is 0 Å². The first-order valence-corrected chi connectivity index (χ1v) is 12.4. The highest BCUT2D eigenvalue weighted by Crippen LogP contribution is 2.59. The van der Waals surface area contributed by atoms with E-state index >= 15 is 0 Å². The molecule has 0 aromatic heterocycles. The Kier molecular flexibility index (Phi) is 7.71. The molecule has 0 unspecified atom stereocenters. The van der Waals surface area contributed by atoms with Gasteiger partial charge in [-0.3, -0.25) is 0 Å². The second-order valence-electron chi connectivity index (χ2n) is 11.2. The number of allylic oxidation sites excluding steroid dienone is 6. The van der Waals surface area contributed by atoms with Crippen molar-refractivity contribution >= 4 is 0 Å². The lowest BCUT2D eigenvalue weighted by Crippen LogP contribution is -2.35. The number of hydrogen-bond donors (Lipinski definition) is 2. The van der Waals surface area contributed by atoms with Crippen LogP contribution >= 0.6 is 0 Å². The molecule has 3 fully saturated rings. The van der Waals surface area contributed by atoms with E-state index in [2.05, 4.69) is 70.4 Å². The summed E-state index contributed by atoms with van der Waals surface area (Å²) in [5, 5.41) is 19.4. The zero-order chi connectivity index (χ0) is 22.8. The predicted molar refractivity (Wildman–Crippen MR) is 128 cm³/mol. The molecule has 0 heterocycles. The summed E-state index contributed by atoms with van der Waals surface area (Å²) in [4.78, 5) is 4.38. The van der Waals surface area contributed by atoms with Gasteiger partial charge in [-0.1, -0.05) is 76.6 Å². The van der Waals surface area contributed by atoms with Gasteiger partial charge in [0.1, 0.15) is 0 Å². The van der Waals surface area contributed by atoms with Crippen LogP contribution in [0.1, 0.15) is 86.0 Å². The van der Waals surface area contributed by atoms with E-state index in [1.54, 1.807) is 5.57 Å². The Morgan fingerprint density at radius 2 is 1.81 bits per heavy atom. The lowest BCUT2D eigenvalue weighted by Gasteiger charge is -2.44. The first kappa shape index (κ1) is 24.5. The lowest BCUT2D eigenvalue weighted by molar-refractivity contribution is -0.394. The highest BCUT2D eigenvalue weighted by Gasteiger charge is 2.50. The third-order valence-corrected chi connectivity index (χ3v) is 8.85. The van der Waals surface area contributed by atoms with Crippen LogP contribution in [0, 0.1) is 35.0 Å². The summed E-state index contributed by atoms with van der Waals surface area (Å²) in [7, 11) is 0. The zero-order valence-corrected chi connectivity index (χ0v) is 20.4. The maximum Gasteiger partial charge on any atom is 0.203 e. The van der Waals surface area contributed by atoms with Gasteiger partial charge in [-0.25, -0.2) is 10.1 Å². The van der Waals surface area contributed by atoms with E-state index in [0.29, 0.717) is 48.3 Å². The quantitative estimate of drug-likeness (QED) is 0.200. The Morgan fingerprint density at radius 1 is 1.06 bits per heavy atom. The summed E-state index contributed by atoms with van der Waals surface area (Å²) in [5.41, 5.74) is 3.96. The summed E-state index contributed by atoms with van der Waals surface area (Å²) in [5.74, 6) is 1.85. The Balaban J connectivity index is 1.77. The fourth-order valence-electron chi connectivity index (χ4n) is 6.33. The smallest absolute Gasteiger partial charge is 0.203 e. The third kappa shape index (κ3) is 5.26. The topological polar surface area (TPSA) is 49.7 Å². The Labute approximate surface area is 189 Å². The van der Waals surface area contributed by atoms with Crippen LogP contribution in [0.25, 0.3) is 0 Å². The normalized spacial score (nSPS) is 38.9. The Bertz CT molecular complexity index is 745. The molecule has 0 aromatic rings. The highest BCUT2D eigenvalue weighted by molar-refractivity contribution is 5.37. The molecule has 3 aliphatic carbocycles. The van der Waals surface area contributed by atoms with Gasteiger partial charge in [0.05, 0.1) is 0 Å². The minimum absolute atomic E-state index is 0.298. The van der Waals surface area contributed by atoms with E-state index in [-0.39, 0.29) is 0 Å². The largest absolute Gasteiger partial charge is 0.363 e. The molecule has 0 bridgehead atoms. The van der Waals surface area contributed by atoms with E-state index in [9.17, 15) is 5.11 Å². The molecule has 174 valence electrons. The molecule has 0 aliphatic heterocycles. The summed E-state index contributed by atoms with van der Waals surface area (Å²) in [6.07, 6.45) is 17.0. The molecule has 0 amide bonds. The predicted octanol–water partition coefficient (Wildman–Crippen LogP) is 7.46. The Morgan fingerprint density at radius 3 is 2.48 bits per heavy atom. The zero-order valence-electron chi connectivity index (χ0n) is 20.4. The van der Waals surface area contributed by atoms with Gasteiger partial charge in [0, 0.05) is 12.8 Å². The average molecular weight is 429 g/mol. The molecule has 3 saturated carbocycles. The number of rotatable bonds is 6. The molecule has 6 atom stereocenters. The van der Waals surface area contributed by atoms with Gasteiger partial charge in [0.2, 0.25) is 5.79 Å². The van der Waals surface area contributed by atoms with Crippen LogP contribution in [-0.2, 0) is 4.89 Å². The molecule has 0 radical (unpaired) electrons. The number of fused-ring (bicyclic) bond motifs is 1. The maximum absolute atomic E-state index is 10.3. The van der Waals surface area contributed by atoms with Crippen molar-refractivity contribution in [2.45, 2.75) is 91.8 Å². The highest BCUT2D eigenvalue weighted by atomic mass is 17.1. The first-order valence-electron chi connectivity index (χ1n) is 12.4. The number of hydrogen-bond acceptors (Lipinski definition) is 3. The molecule has 0 spiro atoms. The van der Waals surface area contributed by atoms with Crippen molar-refractivity contribution in [2.24, 2.45) is 35.0 Å². The van der Waals surface area contributed by atoms with Crippen molar-refractivity contribution in [1.29, 1.82) is 0 Å². The fourth-order valence-corrected chi connectivity index (χ4v) is 6.33. The third-order valence-electron chi connectivity index (χ3n) is 8.85. The summed E-state index contributed by atoms with van der Waals surface area (Å²) in [6, 6.07) is 0. The minimum atomic E-state index is -1.47. The minimum Gasteiger partial charge on any atom is -0.363 e. The first-order chi connectivity index (χ1) is 14.6. The van der Waals surface area contributed by atoms with Crippen LogP contribution in [0.5, 0.6) is 0 Å². The monoisotopic (exact) mass is 428 g/mol. The molecular weight excluding hydrogens is 384 g/mol. The second kappa shape index (κ2) is 9.77. The summed E-state index contributed by atoms with van der Waals surface area (Å²) >= 11 is 0. The summed E-state index contributed by atoms with van der Waals surface area (Å²) in [6.45, 7) is 16.0. The van der Waals surface area contributed by atoms with Crippen molar-refractivity contribution in [1.82, 2.24) is 0 Å². The molecule has 31 heavy (non-hydrogen) atoms. The van der Waals surface area contributed by atoms with Crippen molar-refractivity contribution in [3.8, 4) is 0 Å². The van der Waals surface area contributed by atoms with E-state index in [0.717, 1.165) is 17.1 Å². The van der Waals surface area contributed by atoms with Gasteiger partial charge in [0.15, 0.2) is 0 Å². The van der Waals surface area contributed by atoms with Gasteiger partial charge in [-0.2, -0.15) is 0 Å².